The fraction of sp³-hybridized carbons (Fsp3) is 0.0625. The molecule has 0 fully saturated rings. The van der Waals surface area contributed by atoms with Crippen LogP contribution in [0.15, 0.2) is 63.2 Å². The van der Waals surface area contributed by atoms with Crippen LogP contribution in [0, 0.1) is 6.92 Å². The van der Waals surface area contributed by atoms with Crippen molar-refractivity contribution >= 4 is 17.1 Å². The molecule has 3 rings (SSSR count). The van der Waals surface area contributed by atoms with Crippen LogP contribution in [0.1, 0.15) is 11.1 Å². The smallest absolute Gasteiger partial charge is 0.305 e. The average Bonchev–Trinajstić information content (AvgIpc) is 2.49. The number of para-hydroxylation sites is 1. The Kier molecular flexibility index (Phi) is 3.23. The van der Waals surface area contributed by atoms with Crippen LogP contribution in [0.4, 0.5) is 0 Å². The van der Waals surface area contributed by atoms with E-state index >= 15 is 0 Å². The third-order valence-corrected chi connectivity index (χ3v) is 3.28. The molecule has 5 heteroatoms. The summed E-state index contributed by atoms with van der Waals surface area (Å²) in [5, 5.41) is 4.45. The highest BCUT2D eigenvalue weighted by molar-refractivity contribution is 5.81. The van der Waals surface area contributed by atoms with Crippen molar-refractivity contribution in [1.82, 2.24) is 9.66 Å². The Balaban J connectivity index is 2.16. The van der Waals surface area contributed by atoms with E-state index in [0.717, 1.165) is 15.8 Å². The number of aryl methyl sites for hydroxylation is 1. The molecule has 2 aromatic carbocycles. The lowest BCUT2D eigenvalue weighted by Crippen LogP contribution is -2.32. The maximum atomic E-state index is 12.3. The minimum Gasteiger partial charge on any atom is -0.305 e. The molecular weight excluding hydrogens is 266 g/mol. The van der Waals surface area contributed by atoms with Gasteiger partial charge in [-0.3, -0.25) is 4.79 Å². The number of H-pyrrole nitrogens is 1. The molecule has 1 aromatic heterocycles. The number of hydrogen-bond acceptors (Lipinski definition) is 3. The molecule has 0 aliphatic heterocycles. The number of aromatic nitrogens is 2. The second kappa shape index (κ2) is 5.20. The summed E-state index contributed by atoms with van der Waals surface area (Å²) in [7, 11) is 0. The predicted molar refractivity (Wildman–Crippen MR) is 83.0 cm³/mol. The van der Waals surface area contributed by atoms with E-state index in [9.17, 15) is 9.59 Å². The van der Waals surface area contributed by atoms with E-state index in [-0.39, 0.29) is 0 Å². The second-order valence-corrected chi connectivity index (χ2v) is 4.69. The Morgan fingerprint density at radius 2 is 1.76 bits per heavy atom. The number of rotatable bonds is 2. The molecule has 104 valence electrons. The molecular formula is C16H13N3O2. The van der Waals surface area contributed by atoms with Crippen molar-refractivity contribution in [3.05, 3.63) is 80.5 Å². The van der Waals surface area contributed by atoms with Gasteiger partial charge in [0.05, 0.1) is 17.1 Å². The highest BCUT2D eigenvalue weighted by Gasteiger charge is 2.05. The molecule has 0 aliphatic rings. The van der Waals surface area contributed by atoms with E-state index in [2.05, 4.69) is 10.1 Å². The van der Waals surface area contributed by atoms with Crippen LogP contribution in [-0.2, 0) is 0 Å². The molecule has 0 aliphatic carbocycles. The molecule has 5 nitrogen and oxygen atoms in total. The zero-order chi connectivity index (χ0) is 14.8. The van der Waals surface area contributed by atoms with E-state index < -0.39 is 11.2 Å². The van der Waals surface area contributed by atoms with E-state index in [1.807, 2.05) is 31.2 Å². The SMILES string of the molecule is Cc1ccccc1C=Nn1c(=O)[nH]c2ccccc2c1=O. The summed E-state index contributed by atoms with van der Waals surface area (Å²) in [6, 6.07) is 14.5. The van der Waals surface area contributed by atoms with Gasteiger partial charge in [0.25, 0.3) is 5.56 Å². The van der Waals surface area contributed by atoms with Crippen molar-refractivity contribution < 1.29 is 0 Å². The van der Waals surface area contributed by atoms with Gasteiger partial charge in [-0.05, 0) is 30.2 Å². The summed E-state index contributed by atoms with van der Waals surface area (Å²) < 4.78 is 0.842. The molecule has 0 unspecified atom stereocenters. The predicted octanol–water partition coefficient (Wildman–Crippen LogP) is 1.88. The molecule has 1 N–H and O–H groups in total. The Morgan fingerprint density at radius 3 is 2.57 bits per heavy atom. The molecule has 0 bridgehead atoms. The molecule has 1 heterocycles. The van der Waals surface area contributed by atoms with Crippen LogP contribution in [0.25, 0.3) is 10.9 Å². The van der Waals surface area contributed by atoms with Gasteiger partial charge in [-0.25, -0.2) is 4.79 Å². The highest BCUT2D eigenvalue weighted by Crippen LogP contribution is 2.04. The van der Waals surface area contributed by atoms with Crippen molar-refractivity contribution in [1.29, 1.82) is 0 Å². The third-order valence-electron chi connectivity index (χ3n) is 3.28. The fourth-order valence-corrected chi connectivity index (χ4v) is 2.11. The van der Waals surface area contributed by atoms with Gasteiger partial charge in [-0.2, -0.15) is 5.10 Å². The van der Waals surface area contributed by atoms with Crippen molar-refractivity contribution in [2.24, 2.45) is 5.10 Å². The molecule has 0 saturated carbocycles. The molecule has 0 saturated heterocycles. The van der Waals surface area contributed by atoms with E-state index in [1.165, 1.54) is 6.21 Å². The number of nitrogens with one attached hydrogen (secondary N) is 1. The van der Waals surface area contributed by atoms with Gasteiger partial charge in [0.2, 0.25) is 0 Å². The minimum atomic E-state index is -0.552. The topological polar surface area (TPSA) is 67.2 Å². The van der Waals surface area contributed by atoms with Crippen LogP contribution in [0.5, 0.6) is 0 Å². The Morgan fingerprint density at radius 1 is 1.05 bits per heavy atom. The highest BCUT2D eigenvalue weighted by atomic mass is 16.2. The van der Waals surface area contributed by atoms with Crippen molar-refractivity contribution in [2.75, 3.05) is 0 Å². The Hall–Kier alpha value is -2.95. The number of hydrogen-bond donors (Lipinski definition) is 1. The van der Waals surface area contributed by atoms with Gasteiger partial charge in [-0.1, -0.05) is 36.4 Å². The lowest BCUT2D eigenvalue weighted by Gasteiger charge is -2.01. The number of aromatic amines is 1. The van der Waals surface area contributed by atoms with Crippen LogP contribution in [0.3, 0.4) is 0 Å². The summed E-state index contributed by atoms with van der Waals surface area (Å²) in [5.74, 6) is 0. The Labute approximate surface area is 120 Å². The summed E-state index contributed by atoms with van der Waals surface area (Å²) in [6.07, 6.45) is 1.51. The second-order valence-electron chi connectivity index (χ2n) is 4.69. The van der Waals surface area contributed by atoms with Gasteiger partial charge in [0, 0.05) is 0 Å². The Bertz CT molecular complexity index is 951. The molecule has 3 aromatic rings. The van der Waals surface area contributed by atoms with Gasteiger partial charge in [-0.15, -0.1) is 4.68 Å². The van der Waals surface area contributed by atoms with Crippen molar-refractivity contribution in [2.45, 2.75) is 6.92 Å². The monoisotopic (exact) mass is 279 g/mol. The number of benzene rings is 2. The van der Waals surface area contributed by atoms with E-state index in [1.54, 1.807) is 24.3 Å². The van der Waals surface area contributed by atoms with Crippen LogP contribution < -0.4 is 11.2 Å². The van der Waals surface area contributed by atoms with Crippen LogP contribution in [-0.4, -0.2) is 15.9 Å². The zero-order valence-electron chi connectivity index (χ0n) is 11.4. The van der Waals surface area contributed by atoms with Gasteiger partial charge in [0.15, 0.2) is 0 Å². The summed E-state index contributed by atoms with van der Waals surface area (Å²) in [5.41, 5.74) is 1.40. The summed E-state index contributed by atoms with van der Waals surface area (Å²) >= 11 is 0. The van der Waals surface area contributed by atoms with E-state index in [0.29, 0.717) is 10.9 Å². The van der Waals surface area contributed by atoms with Crippen LogP contribution in [0.2, 0.25) is 0 Å². The van der Waals surface area contributed by atoms with Crippen molar-refractivity contribution in [3.63, 3.8) is 0 Å². The standard InChI is InChI=1S/C16H13N3O2/c1-11-6-2-3-7-12(11)10-17-19-15(20)13-8-4-5-9-14(13)18-16(19)21/h2-10H,1H3,(H,18,21). The van der Waals surface area contributed by atoms with Gasteiger partial charge < -0.3 is 4.98 Å². The first-order chi connectivity index (χ1) is 10.2. The lowest BCUT2D eigenvalue weighted by molar-refractivity contribution is 0.771. The third kappa shape index (κ3) is 2.41. The van der Waals surface area contributed by atoms with E-state index in [4.69, 9.17) is 0 Å². The normalized spacial score (nSPS) is 11.3. The number of nitrogens with zero attached hydrogens (tertiary/aromatic N) is 2. The first kappa shape index (κ1) is 13.1. The largest absolute Gasteiger partial charge is 0.349 e. The number of fused-ring (bicyclic) bond motifs is 1. The zero-order valence-corrected chi connectivity index (χ0v) is 11.4. The maximum Gasteiger partial charge on any atom is 0.349 e. The average molecular weight is 279 g/mol. The molecule has 0 spiro atoms. The van der Waals surface area contributed by atoms with Crippen molar-refractivity contribution in [3.8, 4) is 0 Å². The summed E-state index contributed by atoms with van der Waals surface area (Å²) in [6.45, 7) is 1.94. The lowest BCUT2D eigenvalue weighted by atomic mass is 10.1. The molecule has 0 radical (unpaired) electrons. The quantitative estimate of drug-likeness (QED) is 0.728. The molecule has 21 heavy (non-hydrogen) atoms. The maximum absolute atomic E-state index is 12.3. The summed E-state index contributed by atoms with van der Waals surface area (Å²) in [4.78, 5) is 26.9. The molecule has 0 atom stereocenters. The molecule has 0 amide bonds. The first-order valence-electron chi connectivity index (χ1n) is 6.51. The van der Waals surface area contributed by atoms with Gasteiger partial charge >= 0.3 is 5.69 Å². The fourth-order valence-electron chi connectivity index (χ4n) is 2.11. The van der Waals surface area contributed by atoms with Crippen LogP contribution >= 0.6 is 0 Å². The first-order valence-corrected chi connectivity index (χ1v) is 6.51. The minimum absolute atomic E-state index is 0.430. The van der Waals surface area contributed by atoms with Gasteiger partial charge in [0.1, 0.15) is 0 Å².